The molecule has 0 radical (unpaired) electrons. The maximum absolute atomic E-state index is 12.4. The minimum absolute atomic E-state index is 0.110. The van der Waals surface area contributed by atoms with Crippen LogP contribution in [0.4, 0.5) is 24.7 Å². The molecule has 0 aliphatic carbocycles. The highest BCUT2D eigenvalue weighted by Gasteiger charge is 2.29. The quantitative estimate of drug-likeness (QED) is 0.856. The third-order valence-electron chi connectivity index (χ3n) is 3.75. The third-order valence-corrected chi connectivity index (χ3v) is 3.75. The number of aromatic nitrogens is 2. The van der Waals surface area contributed by atoms with E-state index in [1.165, 1.54) is 18.3 Å². The number of amides is 1. The number of rotatable bonds is 5. The van der Waals surface area contributed by atoms with Crippen molar-refractivity contribution in [3.63, 3.8) is 0 Å². The van der Waals surface area contributed by atoms with Crippen molar-refractivity contribution >= 4 is 17.4 Å². The number of alkyl halides is 3. The lowest BCUT2D eigenvalue weighted by Crippen LogP contribution is -2.36. The minimum Gasteiger partial charge on any atom is -0.467 e. The number of nitrogens with zero attached hydrogens (tertiary/aromatic N) is 3. The first kappa shape index (κ1) is 18.9. The van der Waals surface area contributed by atoms with Crippen LogP contribution in [0.25, 0.3) is 0 Å². The zero-order chi connectivity index (χ0) is 19.3. The molecule has 1 saturated heterocycles. The fraction of sp³-hybridized carbons (Fsp3) is 0.353. The summed E-state index contributed by atoms with van der Waals surface area (Å²) in [6.07, 6.45) is -1.66. The Morgan fingerprint density at radius 3 is 2.67 bits per heavy atom. The van der Waals surface area contributed by atoms with Gasteiger partial charge in [-0.3, -0.25) is 4.79 Å². The molecule has 3 heterocycles. The molecule has 10 heteroatoms. The maximum atomic E-state index is 12.4. The van der Waals surface area contributed by atoms with E-state index in [1.807, 2.05) is 0 Å². The van der Waals surface area contributed by atoms with Gasteiger partial charge in [0.2, 0.25) is 5.88 Å². The van der Waals surface area contributed by atoms with Crippen molar-refractivity contribution in [2.45, 2.75) is 6.18 Å². The van der Waals surface area contributed by atoms with Crippen LogP contribution in [0.3, 0.4) is 0 Å². The molecule has 0 spiro atoms. The zero-order valence-corrected chi connectivity index (χ0v) is 14.2. The molecule has 1 aliphatic heterocycles. The van der Waals surface area contributed by atoms with E-state index in [-0.39, 0.29) is 11.4 Å². The molecule has 0 atom stereocenters. The van der Waals surface area contributed by atoms with Crippen LogP contribution in [0.1, 0.15) is 10.4 Å². The van der Waals surface area contributed by atoms with E-state index in [2.05, 4.69) is 24.9 Å². The van der Waals surface area contributed by atoms with E-state index in [9.17, 15) is 18.0 Å². The van der Waals surface area contributed by atoms with Gasteiger partial charge in [-0.2, -0.15) is 13.2 Å². The number of carbonyl (C=O) groups is 1. The molecule has 0 saturated carbocycles. The summed E-state index contributed by atoms with van der Waals surface area (Å²) in [5, 5.41) is 2.53. The fourth-order valence-corrected chi connectivity index (χ4v) is 2.48. The lowest BCUT2D eigenvalue weighted by molar-refractivity contribution is -0.154. The van der Waals surface area contributed by atoms with Gasteiger partial charge in [-0.1, -0.05) is 0 Å². The second-order valence-electron chi connectivity index (χ2n) is 5.72. The van der Waals surface area contributed by atoms with Crippen molar-refractivity contribution in [2.24, 2.45) is 0 Å². The molecule has 144 valence electrons. The normalized spacial score (nSPS) is 14.7. The number of pyridine rings is 2. The largest absolute Gasteiger partial charge is 0.467 e. The highest BCUT2D eigenvalue weighted by Crippen LogP contribution is 2.21. The van der Waals surface area contributed by atoms with Crippen molar-refractivity contribution in [3.8, 4) is 5.88 Å². The monoisotopic (exact) mass is 382 g/mol. The molecular weight excluding hydrogens is 365 g/mol. The Morgan fingerprint density at radius 1 is 1.22 bits per heavy atom. The molecular formula is C17H17F3N4O3. The van der Waals surface area contributed by atoms with Crippen LogP contribution in [0, 0.1) is 0 Å². The first-order valence-corrected chi connectivity index (χ1v) is 8.17. The Kier molecular flexibility index (Phi) is 5.75. The molecule has 7 nitrogen and oxygen atoms in total. The Balaban J connectivity index is 1.66. The molecule has 1 N–H and O–H groups in total. The SMILES string of the molecule is O=C(Nc1ccc(N2CCOCC2)cn1)c1cccnc1OCC(F)(F)F. The predicted octanol–water partition coefficient (Wildman–Crippen LogP) is 2.51. The smallest absolute Gasteiger partial charge is 0.422 e. The van der Waals surface area contributed by atoms with Crippen LogP contribution in [-0.4, -0.2) is 55.0 Å². The summed E-state index contributed by atoms with van der Waals surface area (Å²) in [6, 6.07) is 6.19. The molecule has 0 aromatic carbocycles. The lowest BCUT2D eigenvalue weighted by Gasteiger charge is -2.28. The fourth-order valence-electron chi connectivity index (χ4n) is 2.48. The molecule has 1 aliphatic rings. The number of hydrogen-bond donors (Lipinski definition) is 1. The number of anilines is 2. The zero-order valence-electron chi connectivity index (χ0n) is 14.2. The average molecular weight is 382 g/mol. The van der Waals surface area contributed by atoms with Crippen molar-refractivity contribution in [3.05, 3.63) is 42.2 Å². The number of nitrogens with one attached hydrogen (secondary N) is 1. The van der Waals surface area contributed by atoms with E-state index in [1.54, 1.807) is 18.3 Å². The maximum Gasteiger partial charge on any atom is 0.422 e. The van der Waals surface area contributed by atoms with Crippen LogP contribution >= 0.6 is 0 Å². The highest BCUT2D eigenvalue weighted by atomic mass is 19.4. The first-order valence-electron chi connectivity index (χ1n) is 8.17. The Morgan fingerprint density at radius 2 is 2.00 bits per heavy atom. The Labute approximate surface area is 153 Å². The highest BCUT2D eigenvalue weighted by molar-refractivity contribution is 6.05. The molecule has 1 fully saturated rings. The van der Waals surface area contributed by atoms with E-state index in [0.717, 1.165) is 18.8 Å². The lowest BCUT2D eigenvalue weighted by atomic mass is 10.2. The Bertz CT molecular complexity index is 778. The topological polar surface area (TPSA) is 76.6 Å². The second-order valence-corrected chi connectivity index (χ2v) is 5.72. The second kappa shape index (κ2) is 8.21. The van der Waals surface area contributed by atoms with Crippen LogP contribution < -0.4 is 15.0 Å². The number of ether oxygens (including phenoxy) is 2. The molecule has 2 aromatic heterocycles. The van der Waals surface area contributed by atoms with Crippen molar-refractivity contribution in [1.82, 2.24) is 9.97 Å². The molecule has 1 amide bonds. The molecule has 0 bridgehead atoms. The summed E-state index contributed by atoms with van der Waals surface area (Å²) in [7, 11) is 0. The first-order chi connectivity index (χ1) is 12.9. The summed E-state index contributed by atoms with van der Waals surface area (Å²) in [5.74, 6) is -0.785. The number of hydrogen-bond acceptors (Lipinski definition) is 6. The van der Waals surface area contributed by atoms with E-state index in [0.29, 0.717) is 13.2 Å². The van der Waals surface area contributed by atoms with Crippen molar-refractivity contribution in [2.75, 3.05) is 43.1 Å². The van der Waals surface area contributed by atoms with Crippen LogP contribution in [0.5, 0.6) is 5.88 Å². The molecule has 0 unspecified atom stereocenters. The van der Waals surface area contributed by atoms with E-state index >= 15 is 0 Å². The van der Waals surface area contributed by atoms with Crippen molar-refractivity contribution < 1.29 is 27.4 Å². The van der Waals surface area contributed by atoms with Crippen LogP contribution in [-0.2, 0) is 4.74 Å². The van der Waals surface area contributed by atoms with Crippen molar-refractivity contribution in [1.29, 1.82) is 0 Å². The van der Waals surface area contributed by atoms with Gasteiger partial charge < -0.3 is 19.7 Å². The van der Waals surface area contributed by atoms with Gasteiger partial charge in [0.25, 0.3) is 5.91 Å². The van der Waals surface area contributed by atoms with Gasteiger partial charge in [0.15, 0.2) is 6.61 Å². The molecule has 27 heavy (non-hydrogen) atoms. The van der Waals surface area contributed by atoms with Crippen LogP contribution in [0.15, 0.2) is 36.7 Å². The summed E-state index contributed by atoms with van der Waals surface area (Å²) < 4.78 is 46.9. The van der Waals surface area contributed by atoms with Gasteiger partial charge >= 0.3 is 6.18 Å². The van der Waals surface area contributed by atoms with Gasteiger partial charge in [0.05, 0.1) is 25.1 Å². The van der Waals surface area contributed by atoms with Gasteiger partial charge in [-0.15, -0.1) is 0 Å². The summed E-state index contributed by atoms with van der Waals surface area (Å²) >= 11 is 0. The summed E-state index contributed by atoms with van der Waals surface area (Å²) in [4.78, 5) is 22.3. The number of carbonyl (C=O) groups excluding carboxylic acids is 1. The van der Waals surface area contributed by atoms with Gasteiger partial charge in [0.1, 0.15) is 11.4 Å². The summed E-state index contributed by atoms with van der Waals surface area (Å²) in [6.45, 7) is 1.25. The van der Waals surface area contributed by atoms with Gasteiger partial charge in [-0.25, -0.2) is 9.97 Å². The van der Waals surface area contributed by atoms with Gasteiger partial charge in [0, 0.05) is 19.3 Å². The summed E-state index contributed by atoms with van der Waals surface area (Å²) in [5.41, 5.74) is 0.785. The number of halogens is 3. The average Bonchev–Trinajstić information content (AvgIpc) is 2.67. The minimum atomic E-state index is -4.53. The number of morpholine rings is 1. The molecule has 3 rings (SSSR count). The Hall–Kier alpha value is -2.88. The predicted molar refractivity (Wildman–Crippen MR) is 91.0 cm³/mol. The van der Waals surface area contributed by atoms with Crippen LogP contribution in [0.2, 0.25) is 0 Å². The third kappa shape index (κ3) is 5.30. The van der Waals surface area contributed by atoms with E-state index in [4.69, 9.17) is 4.74 Å². The van der Waals surface area contributed by atoms with E-state index < -0.39 is 24.6 Å². The van der Waals surface area contributed by atoms with Gasteiger partial charge in [-0.05, 0) is 24.3 Å². The molecule has 2 aromatic rings. The standard InChI is InChI=1S/C17H17F3N4O3/c18-17(19,20)11-27-16-13(2-1-5-21-16)15(25)23-14-4-3-12(10-22-14)24-6-8-26-9-7-24/h1-5,10H,6-9,11H2,(H,22,23,25).